The Labute approximate surface area is 113 Å². The molecule has 0 radical (unpaired) electrons. The van der Waals surface area contributed by atoms with Crippen molar-refractivity contribution >= 4 is 17.6 Å². The Morgan fingerprint density at radius 1 is 1.21 bits per heavy atom. The van der Waals surface area contributed by atoms with E-state index in [0.717, 1.165) is 17.7 Å². The van der Waals surface area contributed by atoms with E-state index in [4.69, 9.17) is 11.1 Å². The van der Waals surface area contributed by atoms with Crippen molar-refractivity contribution in [3.05, 3.63) is 59.4 Å². The first-order valence-electron chi connectivity index (χ1n) is 5.43. The highest BCUT2D eigenvalue weighted by molar-refractivity contribution is 7.98. The van der Waals surface area contributed by atoms with Crippen LogP contribution >= 0.6 is 11.8 Å². The van der Waals surface area contributed by atoms with Crippen molar-refractivity contribution in [2.75, 3.05) is 0 Å². The number of aromatic nitrogens is 1. The first kappa shape index (κ1) is 13.5. The Hall–Kier alpha value is -1.95. The lowest BCUT2D eigenvalue weighted by atomic mass is 10.2. The van der Waals surface area contributed by atoms with E-state index in [9.17, 15) is 8.78 Å². The molecule has 1 heterocycles. The molecule has 0 aliphatic heterocycles. The van der Waals surface area contributed by atoms with Gasteiger partial charge in [0.1, 0.15) is 11.5 Å². The van der Waals surface area contributed by atoms with Gasteiger partial charge in [0.05, 0.1) is 0 Å². The molecule has 0 bridgehead atoms. The van der Waals surface area contributed by atoms with Crippen LogP contribution in [0.15, 0.2) is 41.4 Å². The van der Waals surface area contributed by atoms with Crippen molar-refractivity contribution in [2.45, 2.75) is 10.6 Å². The zero-order valence-corrected chi connectivity index (χ0v) is 10.7. The van der Waals surface area contributed by atoms with Crippen LogP contribution in [0.3, 0.4) is 0 Å². The van der Waals surface area contributed by atoms with Gasteiger partial charge in [-0.3, -0.25) is 10.4 Å². The topological polar surface area (TPSA) is 62.8 Å². The fourth-order valence-corrected chi connectivity index (χ4v) is 2.31. The van der Waals surface area contributed by atoms with Gasteiger partial charge < -0.3 is 5.73 Å². The third-order valence-corrected chi connectivity index (χ3v) is 3.46. The van der Waals surface area contributed by atoms with Gasteiger partial charge in [-0.15, -0.1) is 11.8 Å². The maximum absolute atomic E-state index is 13.0. The van der Waals surface area contributed by atoms with E-state index in [0.29, 0.717) is 16.3 Å². The summed E-state index contributed by atoms with van der Waals surface area (Å²) < 4.78 is 25.8. The van der Waals surface area contributed by atoms with Crippen molar-refractivity contribution in [3.63, 3.8) is 0 Å². The van der Waals surface area contributed by atoms with Gasteiger partial charge in [-0.25, -0.2) is 8.78 Å². The lowest BCUT2D eigenvalue weighted by molar-refractivity contribution is 0.506. The first-order valence-corrected chi connectivity index (χ1v) is 6.42. The molecule has 98 valence electrons. The van der Waals surface area contributed by atoms with E-state index in [-0.39, 0.29) is 5.84 Å². The van der Waals surface area contributed by atoms with E-state index in [1.165, 1.54) is 17.8 Å². The summed E-state index contributed by atoms with van der Waals surface area (Å²) in [5.74, 6) is -1.25. The standard InChI is InChI=1S/C13H11F2N3S/c14-10-2-1-9(6-11(10)15)19-7-8-3-4-18-12(5-8)13(16)17/h1-6H,7H2,(H3,16,17). The van der Waals surface area contributed by atoms with Crippen molar-refractivity contribution in [1.82, 2.24) is 4.98 Å². The molecule has 0 fully saturated rings. The number of hydrogen-bond acceptors (Lipinski definition) is 3. The number of benzene rings is 1. The van der Waals surface area contributed by atoms with Crippen LogP contribution in [-0.4, -0.2) is 10.8 Å². The summed E-state index contributed by atoms with van der Waals surface area (Å²) in [7, 11) is 0. The summed E-state index contributed by atoms with van der Waals surface area (Å²) >= 11 is 1.37. The number of halogens is 2. The van der Waals surface area contributed by atoms with E-state index in [1.807, 2.05) is 0 Å². The maximum Gasteiger partial charge on any atom is 0.159 e. The van der Waals surface area contributed by atoms with Crippen LogP contribution in [0, 0.1) is 17.0 Å². The SMILES string of the molecule is N=C(N)c1cc(CSc2ccc(F)c(F)c2)ccn1. The highest BCUT2D eigenvalue weighted by Gasteiger charge is 2.04. The van der Waals surface area contributed by atoms with Gasteiger partial charge in [-0.1, -0.05) is 0 Å². The Morgan fingerprint density at radius 2 is 2.00 bits per heavy atom. The molecule has 1 aromatic carbocycles. The summed E-state index contributed by atoms with van der Waals surface area (Å²) in [6.07, 6.45) is 1.57. The second-order valence-electron chi connectivity index (χ2n) is 3.83. The van der Waals surface area contributed by atoms with Crippen LogP contribution in [0.4, 0.5) is 8.78 Å². The normalized spacial score (nSPS) is 10.4. The number of nitrogen functional groups attached to an aromatic ring is 1. The molecular formula is C13H11F2N3S. The molecule has 3 N–H and O–H groups in total. The third kappa shape index (κ3) is 3.51. The summed E-state index contributed by atoms with van der Waals surface area (Å²) in [5, 5.41) is 7.30. The second-order valence-corrected chi connectivity index (χ2v) is 4.88. The van der Waals surface area contributed by atoms with Gasteiger partial charge in [0.15, 0.2) is 11.6 Å². The number of nitrogens with one attached hydrogen (secondary N) is 1. The molecule has 0 saturated heterocycles. The van der Waals surface area contributed by atoms with Crippen molar-refractivity contribution in [3.8, 4) is 0 Å². The van der Waals surface area contributed by atoms with Crippen LogP contribution in [-0.2, 0) is 5.75 Å². The molecule has 0 amide bonds. The van der Waals surface area contributed by atoms with Crippen molar-refractivity contribution in [1.29, 1.82) is 5.41 Å². The average Bonchev–Trinajstić information content (AvgIpc) is 2.40. The molecule has 0 saturated carbocycles. The minimum atomic E-state index is -0.857. The number of pyridine rings is 1. The fraction of sp³-hybridized carbons (Fsp3) is 0.0769. The summed E-state index contributed by atoms with van der Waals surface area (Å²) in [5.41, 5.74) is 6.67. The minimum Gasteiger partial charge on any atom is -0.382 e. The Kier molecular flexibility index (Phi) is 4.11. The molecule has 2 aromatic rings. The monoisotopic (exact) mass is 279 g/mol. The summed E-state index contributed by atoms with van der Waals surface area (Å²) in [6.45, 7) is 0. The quantitative estimate of drug-likeness (QED) is 0.514. The number of nitrogens with two attached hydrogens (primary N) is 1. The molecule has 0 unspecified atom stereocenters. The lowest BCUT2D eigenvalue weighted by Gasteiger charge is -2.04. The molecule has 0 atom stereocenters. The van der Waals surface area contributed by atoms with Crippen LogP contribution in [0.1, 0.15) is 11.3 Å². The third-order valence-electron chi connectivity index (χ3n) is 2.40. The van der Waals surface area contributed by atoms with E-state index < -0.39 is 11.6 Å². The zero-order chi connectivity index (χ0) is 13.8. The summed E-state index contributed by atoms with van der Waals surface area (Å²) in [6, 6.07) is 7.28. The smallest absolute Gasteiger partial charge is 0.159 e. The van der Waals surface area contributed by atoms with Crippen molar-refractivity contribution in [2.24, 2.45) is 5.73 Å². The molecule has 19 heavy (non-hydrogen) atoms. The largest absolute Gasteiger partial charge is 0.382 e. The van der Waals surface area contributed by atoms with Gasteiger partial charge in [-0.05, 0) is 35.9 Å². The minimum absolute atomic E-state index is 0.0975. The first-order chi connectivity index (χ1) is 9.06. The number of amidine groups is 1. The average molecular weight is 279 g/mol. The Balaban J connectivity index is 2.07. The van der Waals surface area contributed by atoms with Crippen LogP contribution in [0.2, 0.25) is 0 Å². The Morgan fingerprint density at radius 3 is 2.68 bits per heavy atom. The van der Waals surface area contributed by atoms with Crippen LogP contribution < -0.4 is 5.73 Å². The molecule has 1 aromatic heterocycles. The van der Waals surface area contributed by atoms with Gasteiger partial charge in [0.25, 0.3) is 0 Å². The molecule has 6 heteroatoms. The number of hydrogen-bond donors (Lipinski definition) is 2. The summed E-state index contributed by atoms with van der Waals surface area (Å²) in [4.78, 5) is 4.59. The van der Waals surface area contributed by atoms with Crippen molar-refractivity contribution < 1.29 is 8.78 Å². The van der Waals surface area contributed by atoms with Gasteiger partial charge >= 0.3 is 0 Å². The molecule has 0 aliphatic rings. The molecule has 0 aliphatic carbocycles. The maximum atomic E-state index is 13.0. The highest BCUT2D eigenvalue weighted by atomic mass is 32.2. The second kappa shape index (κ2) is 5.79. The fourth-order valence-electron chi connectivity index (χ4n) is 1.44. The van der Waals surface area contributed by atoms with E-state index >= 15 is 0 Å². The number of rotatable bonds is 4. The van der Waals surface area contributed by atoms with Gasteiger partial charge in [-0.2, -0.15) is 0 Å². The molecule has 2 rings (SSSR count). The van der Waals surface area contributed by atoms with Gasteiger partial charge in [0, 0.05) is 16.8 Å². The lowest BCUT2D eigenvalue weighted by Crippen LogP contribution is -2.13. The predicted molar refractivity (Wildman–Crippen MR) is 71.2 cm³/mol. The number of thioether (sulfide) groups is 1. The molecular weight excluding hydrogens is 268 g/mol. The predicted octanol–water partition coefficient (Wildman–Crippen LogP) is 2.94. The molecule has 0 spiro atoms. The van der Waals surface area contributed by atoms with Crippen LogP contribution in [0.5, 0.6) is 0 Å². The number of nitrogens with zero attached hydrogens (tertiary/aromatic N) is 1. The highest BCUT2D eigenvalue weighted by Crippen LogP contribution is 2.24. The van der Waals surface area contributed by atoms with E-state index in [1.54, 1.807) is 18.3 Å². The van der Waals surface area contributed by atoms with E-state index in [2.05, 4.69) is 4.98 Å². The Bertz CT molecular complexity index is 617. The van der Waals surface area contributed by atoms with Gasteiger partial charge in [0.2, 0.25) is 0 Å². The molecule has 3 nitrogen and oxygen atoms in total. The van der Waals surface area contributed by atoms with Crippen LogP contribution in [0.25, 0.3) is 0 Å². The zero-order valence-electron chi connectivity index (χ0n) is 9.86.